The second-order valence-electron chi connectivity index (χ2n) is 7.86. The van der Waals surface area contributed by atoms with Crippen molar-refractivity contribution in [3.05, 3.63) is 95.6 Å². The van der Waals surface area contributed by atoms with Gasteiger partial charge in [-0.3, -0.25) is 0 Å². The van der Waals surface area contributed by atoms with Crippen LogP contribution in [0.1, 0.15) is 41.5 Å². The van der Waals surface area contributed by atoms with Gasteiger partial charge in [0.2, 0.25) is 0 Å². The van der Waals surface area contributed by atoms with Crippen molar-refractivity contribution in [3.8, 4) is 0 Å². The Morgan fingerprint density at radius 1 is 0.724 bits per heavy atom. The molecule has 2 aromatic heterocycles. The van der Waals surface area contributed by atoms with Crippen LogP contribution in [0.15, 0.2) is 72.8 Å². The van der Waals surface area contributed by atoms with Gasteiger partial charge in [0.05, 0.1) is 22.1 Å². The lowest BCUT2D eigenvalue weighted by atomic mass is 9.86. The highest BCUT2D eigenvalue weighted by molar-refractivity contribution is 5.75. The lowest BCUT2D eigenvalue weighted by Gasteiger charge is -2.21. The number of fused-ring (bicyclic) bond motifs is 2. The minimum atomic E-state index is 0.185. The summed E-state index contributed by atoms with van der Waals surface area (Å²) in [5.41, 5.74) is 6.76. The smallest absolute Gasteiger partial charge is 0.111 e. The fraction of sp³-hybridized carbons (Fsp3) is 0.200. The molecule has 2 heterocycles. The normalized spacial score (nSPS) is 13.7. The van der Waals surface area contributed by atoms with Crippen molar-refractivity contribution >= 4 is 22.1 Å². The standard InChI is InChI=1S/C25H24N4/c1-16-11-13-18(14-12-16)15-19(25-28-22-9-5-6-10-23(22)29-25)17(2)24-26-20-7-3-4-8-21(20)27-24/h3-14,17,19H,15H2,1-2H3,(H,26,27)(H,28,29)/t17-,19+/m0/s1. The van der Waals surface area contributed by atoms with E-state index in [1.807, 2.05) is 24.3 Å². The number of hydrogen-bond acceptors (Lipinski definition) is 2. The fourth-order valence-corrected chi connectivity index (χ4v) is 4.02. The van der Waals surface area contributed by atoms with Gasteiger partial charge in [-0.25, -0.2) is 9.97 Å². The first-order valence-electron chi connectivity index (χ1n) is 10.1. The molecule has 0 bridgehead atoms. The molecule has 3 aromatic carbocycles. The van der Waals surface area contributed by atoms with Crippen molar-refractivity contribution in [1.82, 2.24) is 19.9 Å². The van der Waals surface area contributed by atoms with E-state index in [1.54, 1.807) is 0 Å². The van der Waals surface area contributed by atoms with Gasteiger partial charge in [0, 0.05) is 11.8 Å². The molecule has 0 saturated heterocycles. The van der Waals surface area contributed by atoms with Crippen LogP contribution < -0.4 is 0 Å². The SMILES string of the molecule is Cc1ccc(C[C@@H](c2nc3ccccc3[nH]2)[C@H](C)c2nc3ccccc3[nH]2)cc1. The first kappa shape index (κ1) is 17.7. The molecule has 0 spiro atoms. The summed E-state index contributed by atoms with van der Waals surface area (Å²) in [7, 11) is 0. The number of H-pyrrole nitrogens is 2. The van der Waals surface area contributed by atoms with Crippen molar-refractivity contribution in [2.24, 2.45) is 0 Å². The number of aromatic amines is 2. The van der Waals surface area contributed by atoms with Crippen molar-refractivity contribution in [2.75, 3.05) is 0 Å². The molecule has 0 aliphatic heterocycles. The molecule has 4 nitrogen and oxygen atoms in total. The van der Waals surface area contributed by atoms with E-state index in [4.69, 9.17) is 9.97 Å². The van der Waals surface area contributed by atoms with E-state index in [1.165, 1.54) is 11.1 Å². The lowest BCUT2D eigenvalue weighted by molar-refractivity contribution is 0.530. The first-order valence-corrected chi connectivity index (χ1v) is 10.1. The molecule has 0 unspecified atom stereocenters. The molecular weight excluding hydrogens is 356 g/mol. The van der Waals surface area contributed by atoms with Crippen LogP contribution in [0.3, 0.4) is 0 Å². The maximum atomic E-state index is 4.93. The molecule has 0 radical (unpaired) electrons. The Bertz CT molecular complexity index is 1200. The van der Waals surface area contributed by atoms with Crippen LogP contribution in [-0.4, -0.2) is 19.9 Å². The number of aromatic nitrogens is 4. The summed E-state index contributed by atoms with van der Waals surface area (Å²) in [5.74, 6) is 2.39. The maximum absolute atomic E-state index is 4.93. The number of nitrogens with one attached hydrogen (secondary N) is 2. The Kier molecular flexibility index (Phi) is 4.39. The van der Waals surface area contributed by atoms with Crippen molar-refractivity contribution in [2.45, 2.75) is 32.1 Å². The molecule has 29 heavy (non-hydrogen) atoms. The van der Waals surface area contributed by atoms with Crippen LogP contribution >= 0.6 is 0 Å². The summed E-state index contributed by atoms with van der Waals surface area (Å²) in [6.45, 7) is 4.36. The molecule has 5 aromatic rings. The van der Waals surface area contributed by atoms with E-state index in [2.05, 4.69) is 72.3 Å². The van der Waals surface area contributed by atoms with Gasteiger partial charge < -0.3 is 9.97 Å². The van der Waals surface area contributed by atoms with Gasteiger partial charge in [-0.05, 0) is 43.2 Å². The minimum absolute atomic E-state index is 0.185. The Balaban J connectivity index is 1.57. The molecule has 2 atom stereocenters. The third-order valence-corrected chi connectivity index (χ3v) is 5.78. The monoisotopic (exact) mass is 380 g/mol. The largest absolute Gasteiger partial charge is 0.342 e. The zero-order chi connectivity index (χ0) is 19.8. The second kappa shape index (κ2) is 7.21. The van der Waals surface area contributed by atoms with Crippen molar-refractivity contribution in [1.29, 1.82) is 0 Å². The summed E-state index contributed by atoms with van der Waals surface area (Å²) in [6.07, 6.45) is 0.901. The van der Waals surface area contributed by atoms with Gasteiger partial charge in [-0.1, -0.05) is 61.0 Å². The number of benzene rings is 3. The van der Waals surface area contributed by atoms with E-state index in [-0.39, 0.29) is 11.8 Å². The van der Waals surface area contributed by atoms with Gasteiger partial charge in [-0.15, -0.1) is 0 Å². The first-order chi connectivity index (χ1) is 14.2. The Morgan fingerprint density at radius 3 is 1.90 bits per heavy atom. The maximum Gasteiger partial charge on any atom is 0.111 e. The fourth-order valence-electron chi connectivity index (χ4n) is 4.02. The predicted molar refractivity (Wildman–Crippen MR) is 118 cm³/mol. The van der Waals surface area contributed by atoms with Crippen molar-refractivity contribution < 1.29 is 0 Å². The van der Waals surface area contributed by atoms with E-state index < -0.39 is 0 Å². The van der Waals surface area contributed by atoms with Gasteiger partial charge in [0.15, 0.2) is 0 Å². The molecule has 4 heteroatoms. The van der Waals surface area contributed by atoms with Crippen LogP contribution in [0.25, 0.3) is 22.1 Å². The molecule has 0 fully saturated rings. The number of aryl methyl sites for hydroxylation is 1. The van der Waals surface area contributed by atoms with Crippen LogP contribution in [0.2, 0.25) is 0 Å². The van der Waals surface area contributed by atoms with Crippen LogP contribution in [-0.2, 0) is 6.42 Å². The average Bonchev–Trinajstić information content (AvgIpc) is 3.37. The topological polar surface area (TPSA) is 57.4 Å². The van der Waals surface area contributed by atoms with Gasteiger partial charge in [0.25, 0.3) is 0 Å². The average molecular weight is 380 g/mol. The van der Waals surface area contributed by atoms with Gasteiger partial charge in [-0.2, -0.15) is 0 Å². The van der Waals surface area contributed by atoms with E-state index in [9.17, 15) is 0 Å². The lowest BCUT2D eigenvalue weighted by Crippen LogP contribution is -2.14. The summed E-state index contributed by atoms with van der Waals surface area (Å²) in [5, 5.41) is 0. The molecule has 0 aliphatic rings. The van der Waals surface area contributed by atoms with Gasteiger partial charge in [0.1, 0.15) is 11.6 Å². The Hall–Kier alpha value is -3.40. The molecule has 0 amide bonds. The Labute approximate surface area is 170 Å². The van der Waals surface area contributed by atoms with Crippen LogP contribution in [0.4, 0.5) is 0 Å². The molecule has 0 aliphatic carbocycles. The van der Waals surface area contributed by atoms with E-state index >= 15 is 0 Å². The van der Waals surface area contributed by atoms with Gasteiger partial charge >= 0.3 is 0 Å². The number of rotatable bonds is 5. The third-order valence-electron chi connectivity index (χ3n) is 5.78. The number of hydrogen-bond donors (Lipinski definition) is 2. The number of nitrogens with zero attached hydrogens (tertiary/aromatic N) is 2. The zero-order valence-electron chi connectivity index (χ0n) is 16.7. The third kappa shape index (κ3) is 3.42. The molecular formula is C25H24N4. The zero-order valence-corrected chi connectivity index (χ0v) is 16.7. The van der Waals surface area contributed by atoms with E-state index in [0.717, 1.165) is 40.1 Å². The quantitative estimate of drug-likeness (QED) is 0.400. The highest BCUT2D eigenvalue weighted by Crippen LogP contribution is 2.34. The predicted octanol–water partition coefficient (Wildman–Crippen LogP) is 5.88. The summed E-state index contributed by atoms with van der Waals surface area (Å²) >= 11 is 0. The Morgan fingerprint density at radius 2 is 1.28 bits per heavy atom. The second-order valence-corrected chi connectivity index (χ2v) is 7.86. The number of para-hydroxylation sites is 4. The highest BCUT2D eigenvalue weighted by Gasteiger charge is 2.27. The van der Waals surface area contributed by atoms with Crippen LogP contribution in [0.5, 0.6) is 0 Å². The number of imidazole rings is 2. The summed E-state index contributed by atoms with van der Waals surface area (Å²) < 4.78 is 0. The van der Waals surface area contributed by atoms with Crippen molar-refractivity contribution in [3.63, 3.8) is 0 Å². The summed E-state index contributed by atoms with van der Waals surface area (Å²) in [6, 6.07) is 25.2. The van der Waals surface area contributed by atoms with Crippen LogP contribution in [0, 0.1) is 6.92 Å². The van der Waals surface area contributed by atoms with E-state index in [0.29, 0.717) is 0 Å². The molecule has 0 saturated carbocycles. The highest BCUT2D eigenvalue weighted by atomic mass is 15.0. The molecule has 2 N–H and O–H groups in total. The molecule has 5 rings (SSSR count). The molecule has 144 valence electrons. The minimum Gasteiger partial charge on any atom is -0.342 e. The summed E-state index contributed by atoms with van der Waals surface area (Å²) in [4.78, 5) is 16.9.